The average Bonchev–Trinajstić information content (AvgIpc) is 2.28. The van der Waals surface area contributed by atoms with Crippen LogP contribution in [0.5, 0.6) is 0 Å². The number of carbonyl (C=O) groups is 1. The fourth-order valence-corrected chi connectivity index (χ4v) is 1.74. The van der Waals surface area contributed by atoms with Crippen LogP contribution in [0.2, 0.25) is 0 Å². The van der Waals surface area contributed by atoms with Gasteiger partial charge >= 0.3 is 0 Å². The Balaban J connectivity index is 2.74. The number of hydrogen-bond acceptors (Lipinski definition) is 2. The van der Waals surface area contributed by atoms with Crippen molar-refractivity contribution in [3.63, 3.8) is 0 Å². The van der Waals surface area contributed by atoms with Gasteiger partial charge < -0.3 is 4.90 Å². The Morgan fingerprint density at radius 3 is 2.88 bits per heavy atom. The second kappa shape index (κ2) is 5.66. The van der Waals surface area contributed by atoms with E-state index >= 15 is 0 Å². The Bertz CT molecular complexity index is 423. The first-order valence-electron chi connectivity index (χ1n) is 4.92. The topological polar surface area (TPSA) is 44.1 Å². The number of alkyl halides is 1. The Kier molecular flexibility index (Phi) is 4.51. The van der Waals surface area contributed by atoms with E-state index in [1.807, 2.05) is 12.1 Å². The molecule has 0 fully saturated rings. The number of nitrogens with zero attached hydrogens (tertiary/aromatic N) is 2. The maximum atomic E-state index is 11.6. The summed E-state index contributed by atoms with van der Waals surface area (Å²) in [7, 11) is 1.75. The SMILES string of the molecule is CC(Br)C(=O)N(C)Cc1cccc(C#N)c1. The summed E-state index contributed by atoms with van der Waals surface area (Å²) in [4.78, 5) is 13.1. The van der Waals surface area contributed by atoms with E-state index in [9.17, 15) is 4.79 Å². The van der Waals surface area contributed by atoms with Crippen LogP contribution in [0.1, 0.15) is 18.1 Å². The molecule has 1 unspecified atom stereocenters. The third-order valence-electron chi connectivity index (χ3n) is 2.19. The lowest BCUT2D eigenvalue weighted by Gasteiger charge is -2.18. The van der Waals surface area contributed by atoms with E-state index in [1.165, 1.54) is 0 Å². The molecule has 0 saturated heterocycles. The van der Waals surface area contributed by atoms with E-state index in [-0.39, 0.29) is 10.7 Å². The molecule has 1 amide bonds. The first kappa shape index (κ1) is 12.7. The van der Waals surface area contributed by atoms with Crippen molar-refractivity contribution >= 4 is 21.8 Å². The predicted octanol–water partition coefficient (Wildman–Crippen LogP) is 2.30. The van der Waals surface area contributed by atoms with Crippen molar-refractivity contribution in [3.05, 3.63) is 35.4 Å². The molecule has 84 valence electrons. The molecule has 1 atom stereocenters. The molecule has 4 heteroatoms. The van der Waals surface area contributed by atoms with Crippen LogP contribution in [-0.2, 0) is 11.3 Å². The summed E-state index contributed by atoms with van der Waals surface area (Å²) in [6, 6.07) is 9.35. The van der Waals surface area contributed by atoms with Crippen molar-refractivity contribution in [2.45, 2.75) is 18.3 Å². The molecule has 0 aliphatic carbocycles. The summed E-state index contributed by atoms with van der Waals surface area (Å²) < 4.78 is 0. The van der Waals surface area contributed by atoms with Crippen molar-refractivity contribution in [2.75, 3.05) is 7.05 Å². The Morgan fingerprint density at radius 2 is 2.31 bits per heavy atom. The van der Waals surface area contributed by atoms with E-state index in [1.54, 1.807) is 31.0 Å². The number of hydrogen-bond donors (Lipinski definition) is 0. The highest BCUT2D eigenvalue weighted by atomic mass is 79.9. The number of amides is 1. The van der Waals surface area contributed by atoms with E-state index in [0.29, 0.717) is 12.1 Å². The highest BCUT2D eigenvalue weighted by molar-refractivity contribution is 9.10. The van der Waals surface area contributed by atoms with E-state index < -0.39 is 0 Å². The fourth-order valence-electron chi connectivity index (χ4n) is 1.39. The minimum atomic E-state index is -0.184. The number of benzene rings is 1. The molecular weight excluding hydrogens is 268 g/mol. The van der Waals surface area contributed by atoms with Crippen LogP contribution in [0.25, 0.3) is 0 Å². The van der Waals surface area contributed by atoms with Gasteiger partial charge in [-0.25, -0.2) is 0 Å². The van der Waals surface area contributed by atoms with Gasteiger partial charge in [0, 0.05) is 13.6 Å². The summed E-state index contributed by atoms with van der Waals surface area (Å²) >= 11 is 3.24. The highest BCUT2D eigenvalue weighted by Gasteiger charge is 2.14. The minimum absolute atomic E-state index is 0.0300. The number of nitriles is 1. The molecule has 0 spiro atoms. The third-order valence-corrected chi connectivity index (χ3v) is 2.58. The first-order chi connectivity index (χ1) is 7.54. The quantitative estimate of drug-likeness (QED) is 0.798. The lowest BCUT2D eigenvalue weighted by atomic mass is 10.1. The van der Waals surface area contributed by atoms with Gasteiger partial charge in [-0.1, -0.05) is 28.1 Å². The summed E-state index contributed by atoms with van der Waals surface area (Å²) in [6.07, 6.45) is 0. The summed E-state index contributed by atoms with van der Waals surface area (Å²) in [5.74, 6) is 0.0300. The van der Waals surface area contributed by atoms with Crippen LogP contribution in [0.3, 0.4) is 0 Å². The second-order valence-electron chi connectivity index (χ2n) is 3.62. The molecule has 0 heterocycles. The lowest BCUT2D eigenvalue weighted by Crippen LogP contribution is -2.31. The van der Waals surface area contributed by atoms with Crippen LogP contribution in [-0.4, -0.2) is 22.7 Å². The standard InChI is InChI=1S/C12H13BrN2O/c1-9(13)12(16)15(2)8-11-5-3-4-10(6-11)7-14/h3-6,9H,8H2,1-2H3. The van der Waals surface area contributed by atoms with Gasteiger partial charge in [0.1, 0.15) is 0 Å². The number of rotatable bonds is 3. The zero-order valence-electron chi connectivity index (χ0n) is 9.27. The number of carbonyl (C=O) groups excluding carboxylic acids is 1. The molecular formula is C12H13BrN2O. The van der Waals surface area contributed by atoms with Crippen LogP contribution in [0.15, 0.2) is 24.3 Å². The van der Waals surface area contributed by atoms with Crippen LogP contribution < -0.4 is 0 Å². The van der Waals surface area contributed by atoms with E-state index in [2.05, 4.69) is 22.0 Å². The van der Waals surface area contributed by atoms with Gasteiger partial charge in [-0.15, -0.1) is 0 Å². The molecule has 0 bridgehead atoms. The van der Waals surface area contributed by atoms with Crippen LogP contribution in [0.4, 0.5) is 0 Å². The van der Waals surface area contributed by atoms with Crippen LogP contribution in [0, 0.1) is 11.3 Å². The molecule has 0 N–H and O–H groups in total. The summed E-state index contributed by atoms with van der Waals surface area (Å²) in [5.41, 5.74) is 1.58. The summed E-state index contributed by atoms with van der Waals surface area (Å²) in [6.45, 7) is 2.31. The molecule has 1 aromatic rings. The van der Waals surface area contributed by atoms with Gasteiger partial charge in [-0.05, 0) is 24.6 Å². The zero-order chi connectivity index (χ0) is 12.1. The highest BCUT2D eigenvalue weighted by Crippen LogP contribution is 2.09. The maximum Gasteiger partial charge on any atom is 0.236 e. The second-order valence-corrected chi connectivity index (χ2v) is 5.00. The van der Waals surface area contributed by atoms with Gasteiger partial charge in [-0.2, -0.15) is 5.26 Å². The molecule has 1 aromatic carbocycles. The summed E-state index contributed by atoms with van der Waals surface area (Å²) in [5, 5.41) is 8.76. The van der Waals surface area contributed by atoms with Crippen LogP contribution >= 0.6 is 15.9 Å². The molecule has 0 aliphatic rings. The molecule has 3 nitrogen and oxygen atoms in total. The van der Waals surface area contributed by atoms with Gasteiger partial charge in [0.15, 0.2) is 0 Å². The lowest BCUT2D eigenvalue weighted by molar-refractivity contribution is -0.129. The maximum absolute atomic E-state index is 11.6. The van der Waals surface area contributed by atoms with Gasteiger partial charge in [0.25, 0.3) is 0 Å². The van der Waals surface area contributed by atoms with E-state index in [0.717, 1.165) is 5.56 Å². The zero-order valence-corrected chi connectivity index (χ0v) is 10.9. The normalized spacial score (nSPS) is 11.6. The molecule has 1 rings (SSSR count). The fraction of sp³-hybridized carbons (Fsp3) is 0.333. The van der Waals surface area contributed by atoms with E-state index in [4.69, 9.17) is 5.26 Å². The molecule has 0 radical (unpaired) electrons. The first-order valence-corrected chi connectivity index (χ1v) is 5.84. The monoisotopic (exact) mass is 280 g/mol. The van der Waals surface area contributed by atoms with Crippen molar-refractivity contribution in [1.29, 1.82) is 5.26 Å². The largest absolute Gasteiger partial charge is 0.340 e. The van der Waals surface area contributed by atoms with Crippen molar-refractivity contribution < 1.29 is 4.79 Å². The smallest absolute Gasteiger partial charge is 0.236 e. The average molecular weight is 281 g/mol. The van der Waals surface area contributed by atoms with Gasteiger partial charge in [-0.3, -0.25) is 4.79 Å². The number of halogens is 1. The van der Waals surface area contributed by atoms with Gasteiger partial charge in [0.05, 0.1) is 16.5 Å². The molecule has 16 heavy (non-hydrogen) atoms. The van der Waals surface area contributed by atoms with Gasteiger partial charge in [0.2, 0.25) is 5.91 Å². The third kappa shape index (κ3) is 3.35. The predicted molar refractivity (Wildman–Crippen MR) is 66.0 cm³/mol. The van der Waals surface area contributed by atoms with Crippen molar-refractivity contribution in [2.24, 2.45) is 0 Å². The molecule has 0 aromatic heterocycles. The molecule has 0 saturated carbocycles. The molecule has 0 aliphatic heterocycles. The Hall–Kier alpha value is -1.34. The Labute approximate surface area is 104 Å². The van der Waals surface area contributed by atoms with Crippen molar-refractivity contribution in [3.8, 4) is 6.07 Å². The van der Waals surface area contributed by atoms with Crippen molar-refractivity contribution in [1.82, 2.24) is 4.90 Å². The Morgan fingerprint density at radius 1 is 1.62 bits per heavy atom. The minimum Gasteiger partial charge on any atom is -0.340 e.